The van der Waals surface area contributed by atoms with Gasteiger partial charge in [0, 0.05) is 11.3 Å². The lowest BCUT2D eigenvalue weighted by Crippen LogP contribution is -2.22. The SMILES string of the molecule is O=C(Nc1cccc(-c2nn3cnnc3s2)c1)C(c1ccccc1)c1ccccc1. The molecule has 0 saturated carbocycles. The van der Waals surface area contributed by atoms with Gasteiger partial charge in [0.1, 0.15) is 11.3 Å². The lowest BCUT2D eigenvalue weighted by molar-refractivity contribution is -0.116. The number of nitrogens with zero attached hydrogens (tertiary/aromatic N) is 4. The zero-order valence-electron chi connectivity index (χ0n) is 15.8. The highest BCUT2D eigenvalue weighted by Crippen LogP contribution is 2.29. The van der Waals surface area contributed by atoms with Gasteiger partial charge in [-0.25, -0.2) is 0 Å². The van der Waals surface area contributed by atoms with Crippen molar-refractivity contribution in [2.75, 3.05) is 5.32 Å². The standard InChI is InChI=1S/C23H17N5OS/c29-21(20(16-8-3-1-4-9-16)17-10-5-2-6-11-17)25-19-13-7-12-18(14-19)22-27-28-15-24-26-23(28)30-22/h1-15,20H,(H,25,29). The van der Waals surface area contributed by atoms with Gasteiger partial charge in [-0.05, 0) is 23.3 Å². The van der Waals surface area contributed by atoms with Crippen LogP contribution in [0.25, 0.3) is 15.5 Å². The molecule has 6 nitrogen and oxygen atoms in total. The molecule has 146 valence electrons. The van der Waals surface area contributed by atoms with Gasteiger partial charge in [0.25, 0.3) is 0 Å². The van der Waals surface area contributed by atoms with Crippen LogP contribution >= 0.6 is 11.3 Å². The number of hydrogen-bond acceptors (Lipinski definition) is 5. The van der Waals surface area contributed by atoms with Crippen molar-refractivity contribution in [3.63, 3.8) is 0 Å². The van der Waals surface area contributed by atoms with E-state index in [2.05, 4.69) is 20.6 Å². The van der Waals surface area contributed by atoms with Crippen molar-refractivity contribution in [3.05, 3.63) is 102 Å². The van der Waals surface area contributed by atoms with E-state index in [1.54, 1.807) is 10.8 Å². The van der Waals surface area contributed by atoms with Gasteiger partial charge < -0.3 is 5.32 Å². The predicted octanol–water partition coefficient (Wildman–Crippen LogP) is 4.62. The fraction of sp³-hybridized carbons (Fsp3) is 0.0435. The van der Waals surface area contributed by atoms with E-state index in [4.69, 9.17) is 0 Å². The van der Waals surface area contributed by atoms with Gasteiger partial charge in [-0.2, -0.15) is 9.61 Å². The maximum absolute atomic E-state index is 13.3. The first-order valence-electron chi connectivity index (χ1n) is 9.46. The van der Waals surface area contributed by atoms with Crippen LogP contribution in [0, 0.1) is 0 Å². The third-order valence-corrected chi connectivity index (χ3v) is 5.75. The first kappa shape index (κ1) is 18.2. The normalized spacial score (nSPS) is 11.1. The molecule has 2 aromatic heterocycles. The maximum atomic E-state index is 13.3. The summed E-state index contributed by atoms with van der Waals surface area (Å²) in [5, 5.41) is 16.2. The average molecular weight is 411 g/mol. The van der Waals surface area contributed by atoms with Crippen molar-refractivity contribution < 1.29 is 4.79 Å². The van der Waals surface area contributed by atoms with Crippen LogP contribution in [-0.4, -0.2) is 25.7 Å². The van der Waals surface area contributed by atoms with Gasteiger partial charge in [0.2, 0.25) is 10.9 Å². The molecule has 0 fully saturated rings. The van der Waals surface area contributed by atoms with Gasteiger partial charge in [0.15, 0.2) is 0 Å². The lowest BCUT2D eigenvalue weighted by Gasteiger charge is -2.18. The molecule has 2 heterocycles. The Morgan fingerprint density at radius 1 is 0.900 bits per heavy atom. The zero-order valence-corrected chi connectivity index (χ0v) is 16.7. The molecule has 0 bridgehead atoms. The van der Waals surface area contributed by atoms with E-state index in [-0.39, 0.29) is 5.91 Å². The van der Waals surface area contributed by atoms with Crippen LogP contribution in [0.5, 0.6) is 0 Å². The number of benzene rings is 3. The summed E-state index contributed by atoms with van der Waals surface area (Å²) < 4.78 is 1.64. The molecule has 0 aliphatic carbocycles. The molecule has 0 radical (unpaired) electrons. The monoisotopic (exact) mass is 411 g/mol. The summed E-state index contributed by atoms with van der Waals surface area (Å²) in [7, 11) is 0. The van der Waals surface area contributed by atoms with Crippen molar-refractivity contribution in [2.45, 2.75) is 5.92 Å². The number of nitrogens with one attached hydrogen (secondary N) is 1. The third kappa shape index (κ3) is 3.58. The molecule has 1 amide bonds. The summed E-state index contributed by atoms with van der Waals surface area (Å²) >= 11 is 1.45. The molecule has 0 unspecified atom stereocenters. The molecule has 5 aromatic rings. The Morgan fingerprint density at radius 2 is 1.60 bits per heavy atom. The topological polar surface area (TPSA) is 72.2 Å². The van der Waals surface area contributed by atoms with Gasteiger partial charge in [-0.1, -0.05) is 84.1 Å². The summed E-state index contributed by atoms with van der Waals surface area (Å²) in [6, 6.07) is 27.3. The number of amides is 1. The molecular formula is C23H17N5OS. The minimum atomic E-state index is -0.398. The van der Waals surface area contributed by atoms with Gasteiger partial charge in [0.05, 0.1) is 5.92 Å². The largest absolute Gasteiger partial charge is 0.325 e. The number of carbonyl (C=O) groups is 1. The van der Waals surface area contributed by atoms with Crippen molar-refractivity contribution in [3.8, 4) is 10.6 Å². The van der Waals surface area contributed by atoms with Crippen LogP contribution in [0.1, 0.15) is 17.0 Å². The fourth-order valence-corrected chi connectivity index (χ4v) is 4.22. The van der Waals surface area contributed by atoms with Crippen LogP contribution in [0.15, 0.2) is 91.3 Å². The smallest absolute Gasteiger partial charge is 0.236 e. The molecular weight excluding hydrogens is 394 g/mol. The zero-order chi connectivity index (χ0) is 20.3. The van der Waals surface area contributed by atoms with Crippen LogP contribution in [0.3, 0.4) is 0 Å². The predicted molar refractivity (Wildman–Crippen MR) is 117 cm³/mol. The molecule has 0 atom stereocenters. The van der Waals surface area contributed by atoms with E-state index in [0.717, 1.165) is 32.3 Å². The number of carbonyl (C=O) groups excluding carboxylic acids is 1. The van der Waals surface area contributed by atoms with E-state index < -0.39 is 5.92 Å². The molecule has 0 aliphatic heterocycles. The van der Waals surface area contributed by atoms with Gasteiger partial charge in [-0.15, -0.1) is 10.2 Å². The number of rotatable bonds is 5. The van der Waals surface area contributed by atoms with Crippen LogP contribution < -0.4 is 5.32 Å². The highest BCUT2D eigenvalue weighted by molar-refractivity contribution is 7.19. The maximum Gasteiger partial charge on any atom is 0.236 e. The van der Waals surface area contributed by atoms with E-state index in [1.807, 2.05) is 84.9 Å². The number of hydrogen-bond donors (Lipinski definition) is 1. The van der Waals surface area contributed by atoms with Crippen LogP contribution in [-0.2, 0) is 4.79 Å². The summed E-state index contributed by atoms with van der Waals surface area (Å²) in [6.07, 6.45) is 1.57. The fourth-order valence-electron chi connectivity index (χ4n) is 3.41. The summed E-state index contributed by atoms with van der Waals surface area (Å²) in [4.78, 5) is 14.0. The van der Waals surface area contributed by atoms with E-state index >= 15 is 0 Å². The minimum Gasteiger partial charge on any atom is -0.325 e. The van der Waals surface area contributed by atoms with E-state index in [9.17, 15) is 4.79 Å². The second-order valence-electron chi connectivity index (χ2n) is 6.79. The number of aromatic nitrogens is 4. The summed E-state index contributed by atoms with van der Waals surface area (Å²) in [6.45, 7) is 0. The Bertz CT molecular complexity index is 1230. The summed E-state index contributed by atoms with van der Waals surface area (Å²) in [5.41, 5.74) is 3.54. The molecule has 0 spiro atoms. The minimum absolute atomic E-state index is 0.0808. The second kappa shape index (κ2) is 7.88. The molecule has 0 saturated heterocycles. The number of anilines is 1. The average Bonchev–Trinajstić information content (AvgIpc) is 3.38. The van der Waals surface area contributed by atoms with Crippen LogP contribution in [0.4, 0.5) is 5.69 Å². The molecule has 30 heavy (non-hydrogen) atoms. The van der Waals surface area contributed by atoms with Gasteiger partial charge >= 0.3 is 0 Å². The number of fused-ring (bicyclic) bond motifs is 1. The molecule has 3 aromatic carbocycles. The van der Waals surface area contributed by atoms with E-state index in [1.165, 1.54) is 11.3 Å². The Kier molecular flexibility index (Phi) is 4.78. The summed E-state index contributed by atoms with van der Waals surface area (Å²) in [5.74, 6) is -0.479. The van der Waals surface area contributed by atoms with Crippen molar-refractivity contribution in [1.29, 1.82) is 0 Å². The molecule has 0 aliphatic rings. The van der Waals surface area contributed by atoms with Crippen LogP contribution in [0.2, 0.25) is 0 Å². The molecule has 5 rings (SSSR count). The lowest BCUT2D eigenvalue weighted by atomic mass is 9.90. The van der Waals surface area contributed by atoms with Crippen molar-refractivity contribution >= 4 is 27.9 Å². The Balaban J connectivity index is 1.45. The third-order valence-electron chi connectivity index (χ3n) is 4.79. The first-order chi connectivity index (χ1) is 14.8. The van der Waals surface area contributed by atoms with E-state index in [0.29, 0.717) is 0 Å². The molecule has 1 N–H and O–H groups in total. The Labute approximate surface area is 176 Å². The van der Waals surface area contributed by atoms with Crippen molar-refractivity contribution in [1.82, 2.24) is 19.8 Å². The Hall–Kier alpha value is -3.84. The highest BCUT2D eigenvalue weighted by atomic mass is 32.1. The first-order valence-corrected chi connectivity index (χ1v) is 10.3. The van der Waals surface area contributed by atoms with Gasteiger partial charge in [-0.3, -0.25) is 4.79 Å². The second-order valence-corrected chi connectivity index (χ2v) is 7.75. The highest BCUT2D eigenvalue weighted by Gasteiger charge is 2.22. The molecule has 7 heteroatoms. The Morgan fingerprint density at radius 3 is 2.27 bits per heavy atom. The quantitative estimate of drug-likeness (QED) is 0.458. The van der Waals surface area contributed by atoms with Crippen molar-refractivity contribution in [2.24, 2.45) is 0 Å².